The largest absolute Gasteiger partial charge is 0.305 e. The molecule has 4 nitrogen and oxygen atoms in total. The zero-order chi connectivity index (χ0) is 7.84. The van der Waals surface area contributed by atoms with Gasteiger partial charge in [0, 0.05) is 0 Å². The maximum Gasteiger partial charge on any atom is 0.244 e. The van der Waals surface area contributed by atoms with Crippen LogP contribution in [0.1, 0.15) is 12.8 Å². The average molecular weight is 154 g/mol. The summed E-state index contributed by atoms with van der Waals surface area (Å²) < 4.78 is 0. The van der Waals surface area contributed by atoms with Gasteiger partial charge in [-0.25, -0.2) is 0 Å². The van der Waals surface area contributed by atoms with Crippen LogP contribution in [0.2, 0.25) is 0 Å². The van der Waals surface area contributed by atoms with Gasteiger partial charge in [-0.1, -0.05) is 0 Å². The molecule has 2 N–H and O–H groups in total. The number of fused-ring (bicyclic) bond motifs is 1. The Labute approximate surface area is 64.3 Å². The van der Waals surface area contributed by atoms with Crippen molar-refractivity contribution in [3.63, 3.8) is 0 Å². The van der Waals surface area contributed by atoms with Crippen molar-refractivity contribution in [1.82, 2.24) is 10.6 Å². The third-order valence-electron chi connectivity index (χ3n) is 2.32. The highest BCUT2D eigenvalue weighted by Gasteiger charge is 2.42. The lowest BCUT2D eigenvalue weighted by molar-refractivity contribution is -0.125. The molecule has 0 aliphatic carbocycles. The number of carbonyl (C=O) groups excluding carboxylic acids is 2. The lowest BCUT2D eigenvalue weighted by atomic mass is 9.93. The number of imide groups is 1. The summed E-state index contributed by atoms with van der Waals surface area (Å²) in [6.45, 7) is 0.849. The van der Waals surface area contributed by atoms with Gasteiger partial charge in [0.15, 0.2) is 0 Å². The minimum absolute atomic E-state index is 0.101. The molecule has 0 aromatic heterocycles. The summed E-state index contributed by atoms with van der Waals surface area (Å²) in [5, 5.41) is 5.35. The molecular weight excluding hydrogens is 144 g/mol. The van der Waals surface area contributed by atoms with Crippen LogP contribution < -0.4 is 10.6 Å². The smallest absolute Gasteiger partial charge is 0.244 e. The number of hydrogen-bond acceptors (Lipinski definition) is 3. The predicted octanol–water partition coefficient (Wildman–Crippen LogP) is -0.989. The van der Waals surface area contributed by atoms with Gasteiger partial charge in [0.2, 0.25) is 11.8 Å². The molecule has 2 saturated heterocycles. The fraction of sp³-hybridized carbons (Fsp3) is 0.714. The second kappa shape index (κ2) is 2.30. The Morgan fingerprint density at radius 1 is 1.27 bits per heavy atom. The molecule has 2 aliphatic rings. The zero-order valence-electron chi connectivity index (χ0n) is 6.09. The van der Waals surface area contributed by atoms with E-state index in [1.807, 2.05) is 0 Å². The lowest BCUT2D eigenvalue weighted by Crippen LogP contribution is -2.43. The van der Waals surface area contributed by atoms with Gasteiger partial charge in [-0.3, -0.25) is 14.9 Å². The van der Waals surface area contributed by atoms with Crippen molar-refractivity contribution < 1.29 is 9.59 Å². The summed E-state index contributed by atoms with van der Waals surface area (Å²) in [4.78, 5) is 22.1. The molecule has 2 rings (SSSR count). The van der Waals surface area contributed by atoms with Crippen LogP contribution in [0.4, 0.5) is 0 Å². The SMILES string of the molecule is O=C1NC(=O)C2NCCCC12. The fourth-order valence-corrected chi connectivity index (χ4v) is 1.74. The van der Waals surface area contributed by atoms with E-state index in [0.717, 1.165) is 19.4 Å². The van der Waals surface area contributed by atoms with E-state index in [1.54, 1.807) is 0 Å². The van der Waals surface area contributed by atoms with Crippen LogP contribution in [0.15, 0.2) is 0 Å². The molecular formula is C7H10N2O2. The van der Waals surface area contributed by atoms with Crippen LogP contribution in [0.3, 0.4) is 0 Å². The Morgan fingerprint density at radius 2 is 2.09 bits per heavy atom. The quantitative estimate of drug-likeness (QED) is 0.440. The highest BCUT2D eigenvalue weighted by atomic mass is 16.2. The highest BCUT2D eigenvalue weighted by Crippen LogP contribution is 2.20. The molecule has 2 unspecified atom stereocenters. The first kappa shape index (κ1) is 6.79. The zero-order valence-corrected chi connectivity index (χ0v) is 6.09. The first-order valence-electron chi connectivity index (χ1n) is 3.87. The topological polar surface area (TPSA) is 58.2 Å². The second-order valence-electron chi connectivity index (χ2n) is 3.03. The Bertz CT molecular complexity index is 192. The molecule has 11 heavy (non-hydrogen) atoms. The molecule has 60 valence electrons. The van der Waals surface area contributed by atoms with Gasteiger partial charge in [-0.05, 0) is 19.4 Å². The van der Waals surface area contributed by atoms with Crippen molar-refractivity contribution in [3.8, 4) is 0 Å². The molecule has 2 atom stereocenters. The van der Waals surface area contributed by atoms with E-state index in [-0.39, 0.29) is 23.8 Å². The van der Waals surface area contributed by atoms with Crippen molar-refractivity contribution in [2.45, 2.75) is 18.9 Å². The van der Waals surface area contributed by atoms with Crippen molar-refractivity contribution >= 4 is 11.8 Å². The van der Waals surface area contributed by atoms with Gasteiger partial charge in [0.1, 0.15) is 0 Å². The summed E-state index contributed by atoms with van der Waals surface area (Å²) in [6, 6.07) is -0.240. The van der Waals surface area contributed by atoms with Crippen molar-refractivity contribution in [1.29, 1.82) is 0 Å². The highest BCUT2D eigenvalue weighted by molar-refractivity contribution is 6.07. The molecule has 0 spiro atoms. The summed E-state index contributed by atoms with van der Waals surface area (Å²) in [6.07, 6.45) is 1.83. The first-order chi connectivity index (χ1) is 5.29. The Hall–Kier alpha value is -0.900. The first-order valence-corrected chi connectivity index (χ1v) is 3.87. The summed E-state index contributed by atoms with van der Waals surface area (Å²) in [7, 11) is 0. The average Bonchev–Trinajstić information content (AvgIpc) is 2.30. The minimum Gasteiger partial charge on any atom is -0.305 e. The van der Waals surface area contributed by atoms with Crippen LogP contribution in [0.5, 0.6) is 0 Å². The van der Waals surface area contributed by atoms with Gasteiger partial charge in [0.05, 0.1) is 12.0 Å². The van der Waals surface area contributed by atoms with Gasteiger partial charge in [-0.15, -0.1) is 0 Å². The molecule has 0 aromatic carbocycles. The van der Waals surface area contributed by atoms with E-state index in [0.29, 0.717) is 0 Å². The van der Waals surface area contributed by atoms with E-state index >= 15 is 0 Å². The van der Waals surface area contributed by atoms with Crippen LogP contribution >= 0.6 is 0 Å². The Balaban J connectivity index is 2.19. The van der Waals surface area contributed by atoms with Crippen molar-refractivity contribution in [3.05, 3.63) is 0 Å². The molecule has 2 heterocycles. The van der Waals surface area contributed by atoms with Gasteiger partial charge in [0.25, 0.3) is 0 Å². The number of piperidine rings is 1. The lowest BCUT2D eigenvalue weighted by Gasteiger charge is -2.21. The standard InChI is InChI=1S/C7H10N2O2/c10-6-4-2-1-3-8-5(4)7(11)9-6/h4-5,8H,1-3H2,(H,9,10,11). The molecule has 2 aliphatic heterocycles. The molecule has 0 aromatic rings. The Morgan fingerprint density at radius 3 is 2.82 bits per heavy atom. The third-order valence-corrected chi connectivity index (χ3v) is 2.32. The third kappa shape index (κ3) is 0.939. The van der Waals surface area contributed by atoms with E-state index < -0.39 is 0 Å². The predicted molar refractivity (Wildman–Crippen MR) is 37.7 cm³/mol. The number of rotatable bonds is 0. The van der Waals surface area contributed by atoms with Crippen molar-refractivity contribution in [2.75, 3.05) is 6.54 Å². The van der Waals surface area contributed by atoms with Gasteiger partial charge < -0.3 is 5.32 Å². The molecule has 2 fully saturated rings. The molecule has 0 saturated carbocycles. The summed E-state index contributed by atoms with van der Waals surface area (Å²) in [5.74, 6) is -0.358. The molecule has 4 heteroatoms. The van der Waals surface area contributed by atoms with Gasteiger partial charge in [-0.2, -0.15) is 0 Å². The number of amides is 2. The minimum atomic E-state index is -0.240. The maximum absolute atomic E-state index is 11.0. The van der Waals surface area contributed by atoms with Crippen LogP contribution in [0.25, 0.3) is 0 Å². The van der Waals surface area contributed by atoms with E-state index in [9.17, 15) is 9.59 Å². The van der Waals surface area contributed by atoms with E-state index in [4.69, 9.17) is 0 Å². The Kier molecular flexibility index (Phi) is 1.42. The monoisotopic (exact) mass is 154 g/mol. The fourth-order valence-electron chi connectivity index (χ4n) is 1.74. The second-order valence-corrected chi connectivity index (χ2v) is 3.03. The summed E-state index contributed by atoms with van der Waals surface area (Å²) >= 11 is 0. The molecule has 2 amide bonds. The van der Waals surface area contributed by atoms with Crippen LogP contribution in [-0.4, -0.2) is 24.4 Å². The van der Waals surface area contributed by atoms with Crippen LogP contribution in [0, 0.1) is 5.92 Å². The van der Waals surface area contributed by atoms with Gasteiger partial charge >= 0.3 is 0 Å². The number of carbonyl (C=O) groups is 2. The van der Waals surface area contributed by atoms with Crippen LogP contribution in [-0.2, 0) is 9.59 Å². The van der Waals surface area contributed by atoms with E-state index in [2.05, 4.69) is 10.6 Å². The van der Waals surface area contributed by atoms with Crippen molar-refractivity contribution in [2.24, 2.45) is 5.92 Å². The number of nitrogens with one attached hydrogen (secondary N) is 2. The molecule has 0 bridgehead atoms. The van der Waals surface area contributed by atoms with E-state index in [1.165, 1.54) is 0 Å². The maximum atomic E-state index is 11.0. The normalized spacial score (nSPS) is 36.7. The summed E-state index contributed by atoms with van der Waals surface area (Å²) in [5.41, 5.74) is 0. The number of hydrogen-bond donors (Lipinski definition) is 2. The molecule has 0 radical (unpaired) electrons.